The molecule has 0 spiro atoms. The molecule has 0 radical (unpaired) electrons. The highest BCUT2D eigenvalue weighted by Crippen LogP contribution is 2.27. The van der Waals surface area contributed by atoms with Crippen LogP contribution in [0.5, 0.6) is 0 Å². The molecule has 1 N–H and O–H groups in total. The fraction of sp³-hybridized carbons (Fsp3) is 0.267. The molecular formula is C15H17ClN2S. The van der Waals surface area contributed by atoms with E-state index < -0.39 is 0 Å². The summed E-state index contributed by atoms with van der Waals surface area (Å²) in [5, 5.41) is 3.93. The number of aryl methyl sites for hydroxylation is 1. The van der Waals surface area contributed by atoms with Gasteiger partial charge in [0.05, 0.1) is 10.7 Å². The molecule has 100 valence electrons. The molecule has 4 heteroatoms. The molecule has 0 aliphatic rings. The van der Waals surface area contributed by atoms with E-state index in [4.69, 9.17) is 11.6 Å². The lowest BCUT2D eigenvalue weighted by atomic mass is 10.2. The summed E-state index contributed by atoms with van der Waals surface area (Å²) in [5.74, 6) is 1.66. The first-order chi connectivity index (χ1) is 9.19. The molecule has 2 rings (SSSR count). The van der Waals surface area contributed by atoms with Gasteiger partial charge in [-0.25, -0.2) is 4.98 Å². The van der Waals surface area contributed by atoms with E-state index in [1.54, 1.807) is 11.8 Å². The van der Waals surface area contributed by atoms with Crippen molar-refractivity contribution < 1.29 is 0 Å². The largest absolute Gasteiger partial charge is 0.370 e. The van der Waals surface area contributed by atoms with Gasteiger partial charge in [0.15, 0.2) is 0 Å². The third kappa shape index (κ3) is 4.15. The predicted molar refractivity (Wildman–Crippen MR) is 84.2 cm³/mol. The molecule has 0 amide bonds. The molecule has 0 saturated carbocycles. The summed E-state index contributed by atoms with van der Waals surface area (Å²) in [4.78, 5) is 5.78. The summed E-state index contributed by atoms with van der Waals surface area (Å²) >= 11 is 7.94. The summed E-state index contributed by atoms with van der Waals surface area (Å²) < 4.78 is 0. The Morgan fingerprint density at radius 2 is 2.11 bits per heavy atom. The van der Waals surface area contributed by atoms with E-state index in [1.165, 1.54) is 10.5 Å². The van der Waals surface area contributed by atoms with Crippen LogP contribution in [0.4, 0.5) is 5.82 Å². The third-order valence-corrected chi connectivity index (χ3v) is 3.99. The lowest BCUT2D eigenvalue weighted by molar-refractivity contribution is 1.11. The number of benzene rings is 1. The average molecular weight is 293 g/mol. The molecule has 0 unspecified atom stereocenters. The van der Waals surface area contributed by atoms with Gasteiger partial charge in [0.25, 0.3) is 0 Å². The summed E-state index contributed by atoms with van der Waals surface area (Å²) in [6, 6.07) is 12.3. The van der Waals surface area contributed by atoms with E-state index in [-0.39, 0.29) is 0 Å². The van der Waals surface area contributed by atoms with E-state index >= 15 is 0 Å². The fourth-order valence-electron chi connectivity index (χ4n) is 1.72. The molecular weight excluding hydrogens is 276 g/mol. The highest BCUT2D eigenvalue weighted by Gasteiger charge is 2.05. The zero-order valence-corrected chi connectivity index (χ0v) is 12.7. The summed E-state index contributed by atoms with van der Waals surface area (Å²) in [6.07, 6.45) is 0. The van der Waals surface area contributed by atoms with Gasteiger partial charge >= 0.3 is 0 Å². The van der Waals surface area contributed by atoms with Crippen LogP contribution in [0.3, 0.4) is 0 Å². The van der Waals surface area contributed by atoms with Crippen molar-refractivity contribution in [2.45, 2.75) is 24.5 Å². The number of pyridine rings is 1. The van der Waals surface area contributed by atoms with Crippen molar-refractivity contribution in [3.63, 3.8) is 0 Å². The number of nitrogens with one attached hydrogen (secondary N) is 1. The molecule has 0 atom stereocenters. The molecule has 2 nitrogen and oxygen atoms in total. The van der Waals surface area contributed by atoms with Gasteiger partial charge in [-0.15, -0.1) is 11.8 Å². The summed E-state index contributed by atoms with van der Waals surface area (Å²) in [5.41, 5.74) is 2.19. The second-order valence-corrected chi connectivity index (χ2v) is 5.72. The number of hydrogen-bond acceptors (Lipinski definition) is 3. The minimum atomic E-state index is 0.724. The van der Waals surface area contributed by atoms with Crippen LogP contribution in [-0.2, 0) is 5.75 Å². The standard InChI is InChI=1S/C15H17ClN2S/c1-3-17-15-8-7-13(16)14(18-15)10-19-12-6-4-5-11(2)9-12/h4-9H,3,10H2,1-2H3,(H,17,18). The van der Waals surface area contributed by atoms with E-state index in [0.29, 0.717) is 0 Å². The van der Waals surface area contributed by atoms with Gasteiger partial charge in [0, 0.05) is 17.2 Å². The Labute approximate surface area is 123 Å². The molecule has 0 aliphatic carbocycles. The molecule has 0 bridgehead atoms. The van der Waals surface area contributed by atoms with Gasteiger partial charge in [0.1, 0.15) is 5.82 Å². The van der Waals surface area contributed by atoms with Crippen molar-refractivity contribution in [1.82, 2.24) is 4.98 Å². The van der Waals surface area contributed by atoms with Crippen LogP contribution >= 0.6 is 23.4 Å². The molecule has 2 aromatic rings. The number of anilines is 1. The lowest BCUT2D eigenvalue weighted by Crippen LogP contribution is -2.01. The first-order valence-electron chi connectivity index (χ1n) is 6.28. The van der Waals surface area contributed by atoms with Gasteiger partial charge in [0.2, 0.25) is 0 Å². The van der Waals surface area contributed by atoms with E-state index in [0.717, 1.165) is 28.8 Å². The number of halogens is 1. The van der Waals surface area contributed by atoms with Gasteiger partial charge in [-0.2, -0.15) is 0 Å². The molecule has 1 aromatic carbocycles. The highest BCUT2D eigenvalue weighted by molar-refractivity contribution is 7.98. The number of nitrogens with zero attached hydrogens (tertiary/aromatic N) is 1. The quantitative estimate of drug-likeness (QED) is 0.804. The third-order valence-electron chi connectivity index (χ3n) is 2.64. The molecule has 1 heterocycles. The first-order valence-corrected chi connectivity index (χ1v) is 7.64. The van der Waals surface area contributed by atoms with Crippen LogP contribution in [0.2, 0.25) is 5.02 Å². The zero-order chi connectivity index (χ0) is 13.7. The van der Waals surface area contributed by atoms with Crippen LogP contribution in [0.15, 0.2) is 41.3 Å². The summed E-state index contributed by atoms with van der Waals surface area (Å²) in [6.45, 7) is 5.01. The average Bonchev–Trinajstić information content (AvgIpc) is 2.40. The van der Waals surface area contributed by atoms with Crippen LogP contribution in [-0.4, -0.2) is 11.5 Å². The van der Waals surface area contributed by atoms with Crippen molar-refractivity contribution in [2.24, 2.45) is 0 Å². The number of hydrogen-bond donors (Lipinski definition) is 1. The van der Waals surface area contributed by atoms with Crippen LogP contribution in [0, 0.1) is 6.92 Å². The molecule has 0 aliphatic heterocycles. The molecule has 1 aromatic heterocycles. The second kappa shape index (κ2) is 6.83. The minimum Gasteiger partial charge on any atom is -0.370 e. The Balaban J connectivity index is 2.08. The van der Waals surface area contributed by atoms with E-state index in [1.807, 2.05) is 12.1 Å². The maximum absolute atomic E-state index is 6.19. The van der Waals surface area contributed by atoms with Gasteiger partial charge in [-0.3, -0.25) is 0 Å². The van der Waals surface area contributed by atoms with Gasteiger partial charge in [-0.05, 0) is 38.1 Å². The second-order valence-electron chi connectivity index (χ2n) is 4.26. The van der Waals surface area contributed by atoms with Gasteiger partial charge in [-0.1, -0.05) is 29.3 Å². The van der Waals surface area contributed by atoms with Crippen molar-refractivity contribution in [3.05, 3.63) is 52.7 Å². The van der Waals surface area contributed by atoms with E-state index in [9.17, 15) is 0 Å². The van der Waals surface area contributed by atoms with Crippen molar-refractivity contribution >= 4 is 29.2 Å². The predicted octanol–water partition coefficient (Wildman–Crippen LogP) is 4.77. The van der Waals surface area contributed by atoms with Crippen LogP contribution < -0.4 is 5.32 Å². The maximum atomic E-state index is 6.19. The Kier molecular flexibility index (Phi) is 5.11. The Morgan fingerprint density at radius 1 is 1.26 bits per heavy atom. The first kappa shape index (κ1) is 14.2. The van der Waals surface area contributed by atoms with E-state index in [2.05, 4.69) is 48.4 Å². The Morgan fingerprint density at radius 3 is 2.84 bits per heavy atom. The zero-order valence-electron chi connectivity index (χ0n) is 11.1. The Bertz CT molecular complexity index is 558. The molecule has 19 heavy (non-hydrogen) atoms. The van der Waals surface area contributed by atoms with Gasteiger partial charge < -0.3 is 5.32 Å². The molecule has 0 saturated heterocycles. The number of aromatic nitrogens is 1. The monoisotopic (exact) mass is 292 g/mol. The van der Waals surface area contributed by atoms with Crippen molar-refractivity contribution in [3.8, 4) is 0 Å². The number of thioether (sulfide) groups is 1. The maximum Gasteiger partial charge on any atom is 0.126 e. The molecule has 0 fully saturated rings. The smallest absolute Gasteiger partial charge is 0.126 e. The van der Waals surface area contributed by atoms with Crippen LogP contribution in [0.1, 0.15) is 18.2 Å². The Hall–Kier alpha value is -1.19. The SMILES string of the molecule is CCNc1ccc(Cl)c(CSc2cccc(C)c2)n1. The minimum absolute atomic E-state index is 0.724. The van der Waals surface area contributed by atoms with Crippen molar-refractivity contribution in [1.29, 1.82) is 0 Å². The van der Waals surface area contributed by atoms with Crippen molar-refractivity contribution in [2.75, 3.05) is 11.9 Å². The highest BCUT2D eigenvalue weighted by atomic mass is 35.5. The van der Waals surface area contributed by atoms with Crippen LogP contribution in [0.25, 0.3) is 0 Å². The fourth-order valence-corrected chi connectivity index (χ4v) is 2.94. The topological polar surface area (TPSA) is 24.9 Å². The lowest BCUT2D eigenvalue weighted by Gasteiger charge is -2.08. The summed E-state index contributed by atoms with van der Waals surface area (Å²) in [7, 11) is 0. The normalized spacial score (nSPS) is 10.5. The number of rotatable bonds is 5.